The number of likely N-dealkylation sites (N-methyl/N-ethyl adjacent to an activating group) is 1. The van der Waals surface area contributed by atoms with Gasteiger partial charge in [0.25, 0.3) is 0 Å². The molecule has 0 aliphatic carbocycles. The minimum atomic E-state index is 0.142. The van der Waals surface area contributed by atoms with Crippen LogP contribution in [0.4, 0.5) is 0 Å². The predicted octanol–water partition coefficient (Wildman–Crippen LogP) is 2.28. The van der Waals surface area contributed by atoms with Crippen LogP contribution in [0.5, 0.6) is 0 Å². The summed E-state index contributed by atoms with van der Waals surface area (Å²) in [6.07, 6.45) is 3.76. The first-order valence-corrected chi connectivity index (χ1v) is 10.4. The minimum absolute atomic E-state index is 0.142. The largest absolute Gasteiger partial charge is 0.359 e. The zero-order valence-corrected chi connectivity index (χ0v) is 18.2. The van der Waals surface area contributed by atoms with Gasteiger partial charge in [0.05, 0.1) is 6.04 Å². The Hall–Kier alpha value is -2.08. The van der Waals surface area contributed by atoms with Crippen molar-refractivity contribution >= 4 is 11.9 Å². The second-order valence-corrected chi connectivity index (χ2v) is 7.81. The average Bonchev–Trinajstić information content (AvgIpc) is 2.72. The number of piperidine rings is 1. The summed E-state index contributed by atoms with van der Waals surface area (Å²) in [4.78, 5) is 20.7. The summed E-state index contributed by atoms with van der Waals surface area (Å²) in [6, 6.07) is 9.19. The summed E-state index contributed by atoms with van der Waals surface area (Å²) >= 11 is 0. The van der Waals surface area contributed by atoms with E-state index in [1.807, 2.05) is 7.05 Å². The van der Waals surface area contributed by atoms with Crippen molar-refractivity contribution in [2.75, 3.05) is 47.8 Å². The van der Waals surface area contributed by atoms with Gasteiger partial charge in [-0.1, -0.05) is 31.2 Å². The molecule has 28 heavy (non-hydrogen) atoms. The Kier molecular flexibility index (Phi) is 8.77. The Morgan fingerprint density at radius 2 is 1.89 bits per heavy atom. The van der Waals surface area contributed by atoms with E-state index in [2.05, 4.69) is 70.7 Å². The second-order valence-electron chi connectivity index (χ2n) is 7.81. The van der Waals surface area contributed by atoms with Gasteiger partial charge in [0.15, 0.2) is 5.96 Å². The topological polar surface area (TPSA) is 60.0 Å². The lowest BCUT2D eigenvalue weighted by Crippen LogP contribution is -2.47. The van der Waals surface area contributed by atoms with E-state index in [9.17, 15) is 4.79 Å². The monoisotopic (exact) mass is 387 g/mol. The van der Waals surface area contributed by atoms with Gasteiger partial charge in [0.2, 0.25) is 5.91 Å². The van der Waals surface area contributed by atoms with Crippen LogP contribution >= 0.6 is 0 Å². The second kappa shape index (κ2) is 11.1. The number of guanidine groups is 1. The number of hydrogen-bond acceptors (Lipinski definition) is 3. The smallest absolute Gasteiger partial charge is 0.220 e. The SMILES string of the molecule is CCc1ccc(C(CNC(=NC)N2CCC(CC(=O)NC)CC2)N(C)C)cc1. The maximum atomic E-state index is 11.6. The highest BCUT2D eigenvalue weighted by atomic mass is 16.1. The molecular weight excluding hydrogens is 350 g/mol. The summed E-state index contributed by atoms with van der Waals surface area (Å²) in [5.41, 5.74) is 2.68. The zero-order chi connectivity index (χ0) is 20.5. The van der Waals surface area contributed by atoms with Gasteiger partial charge in [-0.2, -0.15) is 0 Å². The molecule has 0 spiro atoms. The van der Waals surface area contributed by atoms with Gasteiger partial charge in [-0.05, 0) is 50.4 Å². The fourth-order valence-corrected chi connectivity index (χ4v) is 3.81. The van der Waals surface area contributed by atoms with Crippen LogP contribution in [0.25, 0.3) is 0 Å². The van der Waals surface area contributed by atoms with Crippen LogP contribution in [-0.2, 0) is 11.2 Å². The highest BCUT2D eigenvalue weighted by Gasteiger charge is 2.24. The molecule has 0 radical (unpaired) electrons. The number of hydrogen-bond donors (Lipinski definition) is 2. The highest BCUT2D eigenvalue weighted by molar-refractivity contribution is 5.80. The van der Waals surface area contributed by atoms with Crippen LogP contribution in [0.3, 0.4) is 0 Å². The van der Waals surface area contributed by atoms with Gasteiger partial charge in [-0.3, -0.25) is 9.79 Å². The molecule has 1 fully saturated rings. The lowest BCUT2D eigenvalue weighted by atomic mass is 9.93. The molecule has 0 aromatic heterocycles. The fourth-order valence-electron chi connectivity index (χ4n) is 3.81. The average molecular weight is 388 g/mol. The third kappa shape index (κ3) is 6.23. The summed E-state index contributed by atoms with van der Waals surface area (Å²) in [7, 11) is 7.79. The van der Waals surface area contributed by atoms with Gasteiger partial charge in [-0.25, -0.2) is 0 Å². The van der Waals surface area contributed by atoms with Crippen LogP contribution in [-0.4, -0.2) is 69.5 Å². The van der Waals surface area contributed by atoms with Crippen LogP contribution < -0.4 is 10.6 Å². The zero-order valence-electron chi connectivity index (χ0n) is 18.2. The lowest BCUT2D eigenvalue weighted by Gasteiger charge is -2.35. The molecule has 1 unspecified atom stereocenters. The van der Waals surface area contributed by atoms with Crippen molar-refractivity contribution in [3.8, 4) is 0 Å². The van der Waals surface area contributed by atoms with Crippen molar-refractivity contribution in [3.05, 3.63) is 35.4 Å². The number of nitrogens with zero attached hydrogens (tertiary/aromatic N) is 3. The predicted molar refractivity (Wildman–Crippen MR) is 117 cm³/mol. The molecule has 2 rings (SSSR count). The maximum absolute atomic E-state index is 11.6. The molecular formula is C22H37N5O. The van der Waals surface area contributed by atoms with Gasteiger partial charge in [-0.15, -0.1) is 0 Å². The van der Waals surface area contributed by atoms with E-state index in [-0.39, 0.29) is 11.9 Å². The molecule has 0 saturated carbocycles. The molecule has 1 aromatic rings. The van der Waals surface area contributed by atoms with E-state index in [0.29, 0.717) is 12.3 Å². The van der Waals surface area contributed by atoms with Gasteiger partial charge >= 0.3 is 0 Å². The number of rotatable bonds is 7. The van der Waals surface area contributed by atoms with Crippen LogP contribution in [0.15, 0.2) is 29.3 Å². The fraction of sp³-hybridized carbons (Fsp3) is 0.636. The number of nitrogens with one attached hydrogen (secondary N) is 2. The third-order valence-electron chi connectivity index (χ3n) is 5.73. The van der Waals surface area contributed by atoms with Crippen LogP contribution in [0.2, 0.25) is 0 Å². The molecule has 1 aliphatic heterocycles. The standard InChI is InChI=1S/C22H37N5O/c1-6-17-7-9-19(10-8-17)20(26(4)5)16-25-22(24-3)27-13-11-18(12-14-27)15-21(28)23-2/h7-10,18,20H,6,11-16H2,1-5H3,(H,23,28)(H,24,25). The number of amides is 1. The minimum Gasteiger partial charge on any atom is -0.359 e. The Morgan fingerprint density at radius 1 is 1.25 bits per heavy atom. The number of carbonyl (C=O) groups excluding carboxylic acids is 1. The number of aliphatic imine (C=N–C) groups is 1. The number of aryl methyl sites for hydroxylation is 1. The first-order valence-electron chi connectivity index (χ1n) is 10.4. The van der Waals surface area contributed by atoms with E-state index >= 15 is 0 Å². The molecule has 1 heterocycles. The third-order valence-corrected chi connectivity index (χ3v) is 5.73. The highest BCUT2D eigenvalue weighted by Crippen LogP contribution is 2.21. The van der Waals surface area contributed by atoms with Crippen molar-refractivity contribution < 1.29 is 4.79 Å². The van der Waals surface area contributed by atoms with Crippen molar-refractivity contribution in [2.24, 2.45) is 10.9 Å². The summed E-state index contributed by atoms with van der Waals surface area (Å²) in [5, 5.41) is 6.30. The van der Waals surface area contributed by atoms with Gasteiger partial charge in [0, 0.05) is 40.2 Å². The van der Waals surface area contributed by atoms with Crippen LogP contribution in [0, 0.1) is 5.92 Å². The molecule has 1 saturated heterocycles. The van der Waals surface area contributed by atoms with Gasteiger partial charge in [0.1, 0.15) is 0 Å². The molecule has 1 aliphatic rings. The molecule has 2 N–H and O–H groups in total. The number of likely N-dealkylation sites (tertiary alicyclic amines) is 1. The molecule has 6 heteroatoms. The van der Waals surface area contributed by atoms with Crippen molar-refractivity contribution in [3.63, 3.8) is 0 Å². The van der Waals surface area contributed by atoms with Crippen molar-refractivity contribution in [1.82, 2.24) is 20.4 Å². The molecule has 1 atom stereocenters. The molecule has 0 bridgehead atoms. The molecule has 156 valence electrons. The Balaban J connectivity index is 1.91. The maximum Gasteiger partial charge on any atom is 0.220 e. The number of carbonyl (C=O) groups is 1. The first-order chi connectivity index (χ1) is 13.5. The Bertz CT molecular complexity index is 633. The molecule has 1 amide bonds. The van der Waals surface area contributed by atoms with E-state index in [0.717, 1.165) is 44.9 Å². The van der Waals surface area contributed by atoms with Crippen molar-refractivity contribution in [1.29, 1.82) is 0 Å². The lowest BCUT2D eigenvalue weighted by molar-refractivity contribution is -0.121. The van der Waals surface area contributed by atoms with Crippen LogP contribution in [0.1, 0.15) is 43.4 Å². The Labute approximate surface area is 170 Å². The van der Waals surface area contributed by atoms with E-state index < -0.39 is 0 Å². The van der Waals surface area contributed by atoms with Gasteiger partial charge < -0.3 is 20.4 Å². The number of benzene rings is 1. The Morgan fingerprint density at radius 3 is 2.39 bits per heavy atom. The summed E-state index contributed by atoms with van der Waals surface area (Å²) in [6.45, 7) is 4.88. The van der Waals surface area contributed by atoms with E-state index in [1.54, 1.807) is 7.05 Å². The molecule has 1 aromatic carbocycles. The normalized spacial score (nSPS) is 16.9. The first kappa shape index (κ1) is 22.2. The summed E-state index contributed by atoms with van der Waals surface area (Å²) < 4.78 is 0. The quantitative estimate of drug-likeness (QED) is 0.557. The summed E-state index contributed by atoms with van der Waals surface area (Å²) in [5.74, 6) is 1.57. The van der Waals surface area contributed by atoms with Crippen molar-refractivity contribution in [2.45, 2.75) is 38.6 Å². The van der Waals surface area contributed by atoms with E-state index in [4.69, 9.17) is 0 Å². The molecule has 6 nitrogen and oxygen atoms in total. The van der Waals surface area contributed by atoms with E-state index in [1.165, 1.54) is 11.1 Å².